The van der Waals surface area contributed by atoms with E-state index in [1.165, 1.54) is 5.56 Å². The Kier molecular flexibility index (Phi) is 6.20. The number of nitrogens with one attached hydrogen (secondary N) is 2. The van der Waals surface area contributed by atoms with Crippen LogP contribution in [0.4, 0.5) is 5.69 Å². The molecule has 1 heterocycles. The molecule has 0 aliphatic carbocycles. The fourth-order valence-electron chi connectivity index (χ4n) is 1.93. The molecule has 0 spiro atoms. The molecule has 0 amide bonds. The summed E-state index contributed by atoms with van der Waals surface area (Å²) in [6, 6.07) is 11.9. The topological polar surface area (TPSA) is 60.7 Å². The lowest BCUT2D eigenvalue weighted by Gasteiger charge is -2.09. The fourth-order valence-corrected chi connectivity index (χ4v) is 2.30. The molecule has 0 fully saturated rings. The monoisotopic (exact) mass is 344 g/mol. The summed E-state index contributed by atoms with van der Waals surface area (Å²) < 4.78 is 0.919. The Labute approximate surface area is 133 Å². The van der Waals surface area contributed by atoms with Crippen molar-refractivity contribution in [2.75, 3.05) is 18.4 Å². The number of anilines is 1. The number of nitriles is 1. The molecular formula is C16H17BrN4. The first-order valence-corrected chi connectivity index (χ1v) is 7.62. The van der Waals surface area contributed by atoms with Gasteiger partial charge in [-0.2, -0.15) is 5.26 Å². The van der Waals surface area contributed by atoms with Gasteiger partial charge in [0.2, 0.25) is 0 Å². The number of hydrogen-bond donors (Lipinski definition) is 2. The summed E-state index contributed by atoms with van der Waals surface area (Å²) >= 11 is 3.37. The molecule has 1 aromatic carbocycles. The van der Waals surface area contributed by atoms with Crippen LogP contribution in [0.2, 0.25) is 0 Å². The van der Waals surface area contributed by atoms with Crippen molar-refractivity contribution in [3.63, 3.8) is 0 Å². The summed E-state index contributed by atoms with van der Waals surface area (Å²) in [6.07, 6.45) is 4.63. The zero-order valence-electron chi connectivity index (χ0n) is 11.6. The lowest BCUT2D eigenvalue weighted by atomic mass is 10.2. The van der Waals surface area contributed by atoms with Crippen molar-refractivity contribution in [1.29, 1.82) is 5.26 Å². The Morgan fingerprint density at radius 2 is 2.14 bits per heavy atom. The molecule has 108 valence electrons. The molecule has 0 aliphatic heterocycles. The summed E-state index contributed by atoms with van der Waals surface area (Å²) in [5.41, 5.74) is 2.73. The molecular weight excluding hydrogens is 328 g/mol. The van der Waals surface area contributed by atoms with E-state index in [4.69, 9.17) is 5.26 Å². The van der Waals surface area contributed by atoms with Gasteiger partial charge in [-0.05, 0) is 42.8 Å². The molecule has 0 aliphatic rings. The first kappa shape index (κ1) is 15.5. The Morgan fingerprint density at radius 3 is 2.90 bits per heavy atom. The van der Waals surface area contributed by atoms with Gasteiger partial charge in [0.1, 0.15) is 6.07 Å². The van der Waals surface area contributed by atoms with E-state index in [-0.39, 0.29) is 0 Å². The summed E-state index contributed by atoms with van der Waals surface area (Å²) in [5.74, 6) is 0. The number of hydrogen-bond acceptors (Lipinski definition) is 4. The highest BCUT2D eigenvalue weighted by Crippen LogP contribution is 2.20. The largest absolute Gasteiger partial charge is 0.384 e. The summed E-state index contributed by atoms with van der Waals surface area (Å²) in [5, 5.41) is 15.7. The van der Waals surface area contributed by atoms with Crippen molar-refractivity contribution in [1.82, 2.24) is 10.3 Å². The van der Waals surface area contributed by atoms with Crippen LogP contribution in [0, 0.1) is 11.3 Å². The smallest absolute Gasteiger partial charge is 0.101 e. The van der Waals surface area contributed by atoms with Gasteiger partial charge in [0, 0.05) is 30.0 Å². The van der Waals surface area contributed by atoms with E-state index >= 15 is 0 Å². The third kappa shape index (κ3) is 5.18. The number of nitrogens with zero attached hydrogens (tertiary/aromatic N) is 2. The average Bonchev–Trinajstić information content (AvgIpc) is 2.52. The van der Waals surface area contributed by atoms with Crippen LogP contribution in [-0.4, -0.2) is 18.1 Å². The molecule has 5 heteroatoms. The van der Waals surface area contributed by atoms with Gasteiger partial charge < -0.3 is 10.6 Å². The number of pyridine rings is 1. The second kappa shape index (κ2) is 8.40. The molecule has 1 aromatic heterocycles. The van der Waals surface area contributed by atoms with E-state index in [0.717, 1.165) is 36.2 Å². The summed E-state index contributed by atoms with van der Waals surface area (Å²) in [4.78, 5) is 4.08. The molecule has 2 N–H and O–H groups in total. The Hall–Kier alpha value is -1.90. The fraction of sp³-hybridized carbons (Fsp3) is 0.250. The summed E-state index contributed by atoms with van der Waals surface area (Å²) in [7, 11) is 0. The lowest BCUT2D eigenvalue weighted by Crippen LogP contribution is -2.17. The molecule has 0 bridgehead atoms. The first-order chi connectivity index (χ1) is 10.3. The molecule has 0 unspecified atom stereocenters. The third-order valence-corrected chi connectivity index (χ3v) is 3.49. The van der Waals surface area contributed by atoms with Crippen LogP contribution < -0.4 is 10.6 Å². The van der Waals surface area contributed by atoms with Gasteiger partial charge in [0.05, 0.1) is 11.3 Å². The Morgan fingerprint density at radius 1 is 1.24 bits per heavy atom. The van der Waals surface area contributed by atoms with Crippen molar-refractivity contribution in [2.45, 2.75) is 13.0 Å². The summed E-state index contributed by atoms with van der Waals surface area (Å²) in [6.45, 7) is 2.58. The van der Waals surface area contributed by atoms with Gasteiger partial charge in [-0.25, -0.2) is 0 Å². The van der Waals surface area contributed by atoms with E-state index in [1.54, 1.807) is 6.20 Å². The minimum Gasteiger partial charge on any atom is -0.384 e. The zero-order valence-corrected chi connectivity index (χ0v) is 13.2. The highest BCUT2D eigenvalue weighted by molar-refractivity contribution is 9.10. The SMILES string of the molecule is N#Cc1cc(Br)ccc1NCCCNCc1cccnc1. The zero-order chi connectivity index (χ0) is 14.9. The molecule has 21 heavy (non-hydrogen) atoms. The van der Waals surface area contributed by atoms with Gasteiger partial charge >= 0.3 is 0 Å². The number of aromatic nitrogens is 1. The van der Waals surface area contributed by atoms with Gasteiger partial charge in [0.15, 0.2) is 0 Å². The maximum atomic E-state index is 9.08. The lowest BCUT2D eigenvalue weighted by molar-refractivity contribution is 0.662. The molecule has 0 radical (unpaired) electrons. The maximum absolute atomic E-state index is 9.08. The molecule has 2 rings (SSSR count). The number of rotatable bonds is 7. The number of benzene rings is 1. The van der Waals surface area contributed by atoms with Gasteiger partial charge in [-0.1, -0.05) is 22.0 Å². The predicted molar refractivity (Wildman–Crippen MR) is 87.9 cm³/mol. The Balaban J connectivity index is 1.67. The van der Waals surface area contributed by atoms with Gasteiger partial charge in [-0.3, -0.25) is 4.98 Å². The van der Waals surface area contributed by atoms with E-state index in [2.05, 4.69) is 43.7 Å². The maximum Gasteiger partial charge on any atom is 0.101 e. The van der Waals surface area contributed by atoms with Crippen molar-refractivity contribution >= 4 is 21.6 Å². The second-order valence-corrected chi connectivity index (χ2v) is 5.54. The quantitative estimate of drug-likeness (QED) is 0.756. The van der Waals surface area contributed by atoms with Crippen LogP contribution in [-0.2, 0) is 6.54 Å². The third-order valence-electron chi connectivity index (χ3n) is 3.00. The van der Waals surface area contributed by atoms with Gasteiger partial charge in [-0.15, -0.1) is 0 Å². The standard InChI is InChI=1S/C16H17BrN4/c17-15-4-5-16(14(9-15)10-18)21-8-2-7-20-12-13-3-1-6-19-11-13/h1,3-6,9,11,20-21H,2,7-8,12H2. The Bertz CT molecular complexity index is 607. The molecule has 4 nitrogen and oxygen atoms in total. The van der Waals surface area contributed by atoms with Crippen LogP contribution in [0.3, 0.4) is 0 Å². The van der Waals surface area contributed by atoms with Crippen molar-refractivity contribution in [2.24, 2.45) is 0 Å². The second-order valence-electron chi connectivity index (χ2n) is 4.62. The van der Waals surface area contributed by atoms with Crippen molar-refractivity contribution in [3.8, 4) is 6.07 Å². The van der Waals surface area contributed by atoms with Crippen LogP contribution in [0.5, 0.6) is 0 Å². The normalized spacial score (nSPS) is 10.1. The van der Waals surface area contributed by atoms with Crippen LogP contribution >= 0.6 is 15.9 Å². The minimum absolute atomic E-state index is 0.660. The average molecular weight is 345 g/mol. The molecule has 2 aromatic rings. The van der Waals surface area contributed by atoms with Gasteiger partial charge in [0.25, 0.3) is 0 Å². The highest BCUT2D eigenvalue weighted by Gasteiger charge is 2.01. The highest BCUT2D eigenvalue weighted by atomic mass is 79.9. The minimum atomic E-state index is 0.660. The van der Waals surface area contributed by atoms with E-state index in [0.29, 0.717) is 5.56 Å². The van der Waals surface area contributed by atoms with Crippen LogP contribution in [0.25, 0.3) is 0 Å². The number of halogens is 1. The molecule has 0 saturated heterocycles. The molecule has 0 atom stereocenters. The van der Waals surface area contributed by atoms with Crippen molar-refractivity contribution < 1.29 is 0 Å². The van der Waals surface area contributed by atoms with E-state index in [9.17, 15) is 0 Å². The van der Waals surface area contributed by atoms with E-state index < -0.39 is 0 Å². The van der Waals surface area contributed by atoms with E-state index in [1.807, 2.05) is 30.5 Å². The van der Waals surface area contributed by atoms with Crippen LogP contribution in [0.1, 0.15) is 17.5 Å². The first-order valence-electron chi connectivity index (χ1n) is 6.83. The van der Waals surface area contributed by atoms with Crippen LogP contribution in [0.15, 0.2) is 47.2 Å². The van der Waals surface area contributed by atoms with Crippen molar-refractivity contribution in [3.05, 3.63) is 58.3 Å². The molecule has 0 saturated carbocycles. The predicted octanol–water partition coefficient (Wildman–Crippen LogP) is 3.31.